The molecule has 0 aromatic rings. The molecule has 1 saturated carbocycles. The van der Waals surface area contributed by atoms with E-state index in [-0.39, 0.29) is 6.10 Å². The normalized spacial score (nSPS) is 32.7. The molecule has 1 aliphatic heterocycles. The highest BCUT2D eigenvalue weighted by molar-refractivity contribution is 9.19. The van der Waals surface area contributed by atoms with E-state index in [0.29, 0.717) is 33.6 Å². The van der Waals surface area contributed by atoms with Crippen LogP contribution >= 0.6 is 186 Å². The Morgan fingerprint density at radius 3 is 1.92 bits per heavy atom. The maximum absolute atomic E-state index is 15.1. The van der Waals surface area contributed by atoms with Crippen molar-refractivity contribution in [1.29, 1.82) is 0 Å². The van der Waals surface area contributed by atoms with Crippen LogP contribution in [0.5, 0.6) is 0 Å². The number of cyclic esters (lactones) is 1. The molecule has 2 aliphatic carbocycles. The Kier molecular flexibility index (Phi) is 24.1. The van der Waals surface area contributed by atoms with Crippen molar-refractivity contribution in [1.82, 2.24) is 0 Å². The highest BCUT2D eigenvalue weighted by Gasteiger charge is 2.72. The van der Waals surface area contributed by atoms with Crippen LogP contribution in [0.25, 0.3) is 0 Å². The summed E-state index contributed by atoms with van der Waals surface area (Å²) in [5.74, 6) is -1.91. The van der Waals surface area contributed by atoms with E-state index in [4.69, 9.17) is 13.8 Å². The number of aliphatic hydroxyl groups is 1. The van der Waals surface area contributed by atoms with Gasteiger partial charge in [0.15, 0.2) is 5.78 Å². The summed E-state index contributed by atoms with van der Waals surface area (Å²) in [5.41, 5.74) is -1.89. The summed E-state index contributed by atoms with van der Waals surface area (Å²) in [5, 5.41) is 12.7. The van der Waals surface area contributed by atoms with Gasteiger partial charge in [0.1, 0.15) is 6.10 Å². The molecule has 0 aromatic carbocycles. The van der Waals surface area contributed by atoms with Gasteiger partial charge in [0, 0.05) is 26.9 Å². The van der Waals surface area contributed by atoms with Crippen molar-refractivity contribution in [3.05, 3.63) is 23.8 Å². The van der Waals surface area contributed by atoms with Gasteiger partial charge in [0.05, 0.1) is 32.7 Å². The highest BCUT2D eigenvalue weighted by atomic mass is 33.2. The van der Waals surface area contributed by atoms with Crippen molar-refractivity contribution in [2.24, 2.45) is 16.7 Å². The van der Waals surface area contributed by atoms with Gasteiger partial charge in [-0.05, 0) is 84.1 Å². The number of carbonyl (C=O) groups is 2. The first kappa shape index (κ1) is 52.7. The van der Waals surface area contributed by atoms with Gasteiger partial charge in [-0.25, -0.2) is 4.79 Å². The van der Waals surface area contributed by atoms with Gasteiger partial charge in [-0.15, -0.1) is 105 Å². The maximum atomic E-state index is 15.1. The van der Waals surface area contributed by atoms with Gasteiger partial charge in [0.25, 0.3) is 0 Å². The Bertz CT molecular complexity index is 1260. The molecule has 0 radical (unpaired) electrons. The average Bonchev–Trinajstić information content (AvgIpc) is 3.19. The van der Waals surface area contributed by atoms with Crippen LogP contribution in [0.3, 0.4) is 0 Å². The van der Waals surface area contributed by atoms with Gasteiger partial charge in [-0.2, -0.15) is 0 Å². The van der Waals surface area contributed by atoms with E-state index in [1.165, 1.54) is 0 Å². The number of hydrogen-bond donors (Lipinski definition) is 1. The molecule has 23 atom stereocenters. The van der Waals surface area contributed by atoms with E-state index >= 15 is 4.79 Å². The smallest absolute Gasteiger partial charge is 0.347 e. The van der Waals surface area contributed by atoms with Crippen molar-refractivity contribution in [3.8, 4) is 0 Å². The minimum absolute atomic E-state index is 0.301. The SMILES string of the molecule is C=CCCC1OC(=O)C2(O)C(=O)C3CC(OP(P(P)P(P)P)P(P(P)P)P(P)P)C(C)=C(C(OP(P(P)P)P(PP)P(P)P)C[C@]12C)C3(C)C. The molecule has 22 unspecified atom stereocenters. The lowest BCUT2D eigenvalue weighted by Gasteiger charge is -2.54. The number of esters is 1. The number of ketones is 1. The zero-order valence-corrected chi connectivity index (χ0v) is 52.1. The number of allylic oxidation sites excluding steroid dienone is 1. The summed E-state index contributed by atoms with van der Waals surface area (Å²) in [6.07, 6.45) is 2.22. The average molecular weight is 1110 g/mol. The predicted molar refractivity (Wildman–Crippen MR) is 290 cm³/mol. The topological polar surface area (TPSA) is 82.1 Å². The zero-order chi connectivity index (χ0) is 38.3. The Morgan fingerprint density at radius 1 is 0.900 bits per heavy atom. The van der Waals surface area contributed by atoms with E-state index in [9.17, 15) is 9.90 Å². The third-order valence-electron chi connectivity index (χ3n) is 9.36. The Balaban J connectivity index is 2.36. The molecule has 2 bridgehead atoms. The minimum atomic E-state index is -2.29. The molecule has 1 N–H and O–H groups in total. The number of ether oxygens (including phenoxy) is 1. The van der Waals surface area contributed by atoms with Crippen molar-refractivity contribution in [2.45, 2.75) is 77.3 Å². The third-order valence-corrected chi connectivity index (χ3v) is 127. The molecular formula is C21H53O6P23. The largest absolute Gasteiger partial charge is 0.459 e. The maximum Gasteiger partial charge on any atom is 0.347 e. The van der Waals surface area contributed by atoms with E-state index in [1.54, 1.807) is 6.08 Å². The summed E-state index contributed by atoms with van der Waals surface area (Å²) < 4.78 is 21.0. The third kappa shape index (κ3) is 11.5. The van der Waals surface area contributed by atoms with Gasteiger partial charge >= 0.3 is 5.97 Å². The van der Waals surface area contributed by atoms with Gasteiger partial charge in [-0.3, -0.25) is 4.79 Å². The zero-order valence-electron chi connectivity index (χ0n) is 28.3. The molecule has 3 rings (SSSR count). The van der Waals surface area contributed by atoms with Crippen LogP contribution in [0.4, 0.5) is 0 Å². The second-order valence-electron chi connectivity index (χ2n) is 12.7. The quantitative estimate of drug-likeness (QED) is 0.0718. The first-order valence-electron chi connectivity index (χ1n) is 14.9. The van der Waals surface area contributed by atoms with Crippen molar-refractivity contribution >= 4 is 198 Å². The lowest BCUT2D eigenvalue weighted by Crippen LogP contribution is -2.64. The molecule has 3 aliphatic rings. The molecule has 6 nitrogen and oxygen atoms in total. The van der Waals surface area contributed by atoms with Crippen LogP contribution in [-0.4, -0.2) is 40.8 Å². The van der Waals surface area contributed by atoms with E-state index < -0.39 is 117 Å². The molecule has 29 heteroatoms. The monoisotopic (exact) mass is 1110 g/mol. The lowest BCUT2D eigenvalue weighted by atomic mass is 9.52. The Labute approximate surface area is 341 Å². The van der Waals surface area contributed by atoms with Crippen LogP contribution < -0.4 is 0 Å². The van der Waals surface area contributed by atoms with Crippen LogP contribution in [0.2, 0.25) is 0 Å². The molecule has 0 spiro atoms. The second-order valence-corrected chi connectivity index (χ2v) is 95.9. The van der Waals surface area contributed by atoms with E-state index in [1.807, 2.05) is 6.92 Å². The van der Waals surface area contributed by atoms with Crippen molar-refractivity contribution < 1.29 is 28.5 Å². The molecule has 50 heavy (non-hydrogen) atoms. The summed E-state index contributed by atoms with van der Waals surface area (Å²) in [6, 6.07) is 0. The number of fused-ring (bicyclic) bond motifs is 3. The number of rotatable bonds is 16. The molecule has 1 heterocycles. The Morgan fingerprint density at radius 2 is 1.46 bits per heavy atom. The summed E-state index contributed by atoms with van der Waals surface area (Å²) in [7, 11) is 35.7. The second kappa shape index (κ2) is 22.8. The summed E-state index contributed by atoms with van der Waals surface area (Å²) in [6.45, 7) is 8.56. The fourth-order valence-corrected chi connectivity index (χ4v) is 169. The fraction of sp³-hybridized carbons (Fsp3) is 0.714. The van der Waals surface area contributed by atoms with Crippen LogP contribution in [0.15, 0.2) is 23.8 Å². The first-order chi connectivity index (χ1) is 23.0. The molecule has 0 aromatic heterocycles. The molecule has 288 valence electrons. The molecule has 1 saturated heterocycles. The molecule has 2 fully saturated rings. The minimum Gasteiger partial charge on any atom is -0.459 e. The predicted octanol–water partition coefficient (Wildman–Crippen LogP) is 15.8. The number of carbonyl (C=O) groups excluding carboxylic acids is 2. The first-order valence-corrected chi connectivity index (χ1v) is 55.2. The summed E-state index contributed by atoms with van der Waals surface area (Å²) in [4.78, 5) is 29.0. The van der Waals surface area contributed by atoms with E-state index in [2.05, 4.69) is 134 Å². The fourth-order valence-electron chi connectivity index (χ4n) is 6.91. The van der Waals surface area contributed by atoms with Crippen molar-refractivity contribution in [2.75, 3.05) is 0 Å². The highest BCUT2D eigenvalue weighted by Crippen LogP contribution is 3.18. The van der Waals surface area contributed by atoms with Crippen LogP contribution in [0, 0.1) is 16.7 Å². The lowest BCUT2D eigenvalue weighted by molar-refractivity contribution is -0.172. The van der Waals surface area contributed by atoms with Gasteiger partial charge in [0.2, 0.25) is 5.60 Å². The van der Waals surface area contributed by atoms with Crippen LogP contribution in [0.1, 0.15) is 53.4 Å². The Hall–Kier alpha value is 8.39. The number of Topliss-reactive ketones (excluding diaryl/α,β-unsaturated/α-hetero) is 1. The van der Waals surface area contributed by atoms with Crippen molar-refractivity contribution in [3.63, 3.8) is 0 Å². The number of hydrogen-bond acceptors (Lipinski definition) is 6. The standard InChI is InChI=1S/C21H53O6P23/c1-6-7-8-15-20(5)10-14(27-41(43(29)30)49(40-28)45(33)34)16-11(2)13(26-42(48(39)44(31)32)50(46(35)36)47(37)38)9-12(19(16,3)4)17(22)21(20,24)18(23)25-15/h6,12-15,24,40H,1,7-10,28-39H2,2-5H3/t12?,13?,14?,15?,20-,21?,41?,42?,48?,49?/m1/s1. The summed E-state index contributed by atoms with van der Waals surface area (Å²) >= 11 is 0. The molecular weight excluding hydrogens is 1060 g/mol. The van der Waals surface area contributed by atoms with Gasteiger partial charge in [-0.1, -0.05) is 43.7 Å². The van der Waals surface area contributed by atoms with Crippen LogP contribution in [-0.2, 0) is 23.4 Å². The van der Waals surface area contributed by atoms with Gasteiger partial charge < -0.3 is 18.9 Å². The molecule has 0 amide bonds. The van der Waals surface area contributed by atoms with E-state index in [0.717, 1.165) is 11.1 Å².